The second-order valence-corrected chi connectivity index (χ2v) is 5.02. The smallest absolute Gasteiger partial charge is 0.258 e. The van der Waals surface area contributed by atoms with Crippen LogP contribution in [0, 0.1) is 0 Å². The summed E-state index contributed by atoms with van der Waals surface area (Å²) in [7, 11) is 1.49. The first-order valence-electron chi connectivity index (χ1n) is 5.54. The first-order chi connectivity index (χ1) is 8.49. The molecule has 0 saturated heterocycles. The third kappa shape index (κ3) is 2.87. The third-order valence-electron chi connectivity index (χ3n) is 2.60. The Kier molecular flexibility index (Phi) is 3.65. The fourth-order valence-corrected chi connectivity index (χ4v) is 2.32. The summed E-state index contributed by atoms with van der Waals surface area (Å²) in [6.07, 6.45) is -0.575. The lowest BCUT2D eigenvalue weighted by Gasteiger charge is -2.17. The minimum atomic E-state index is -2.47. The molecule has 100 valence electrons. The summed E-state index contributed by atoms with van der Waals surface area (Å²) in [5.41, 5.74) is 5.84. The quantitative estimate of drug-likeness (QED) is 0.851. The van der Waals surface area contributed by atoms with Gasteiger partial charge in [-0.05, 0) is 24.4 Å². The van der Waals surface area contributed by atoms with Gasteiger partial charge in [0.15, 0.2) is 5.82 Å². The van der Waals surface area contributed by atoms with Gasteiger partial charge in [-0.15, -0.1) is 0 Å². The van der Waals surface area contributed by atoms with Crippen molar-refractivity contribution in [2.45, 2.75) is 25.3 Å². The first-order valence-corrected chi connectivity index (χ1v) is 6.31. The van der Waals surface area contributed by atoms with Crippen molar-refractivity contribution in [3.8, 4) is 0 Å². The molecular weight excluding hydrogens is 262 g/mol. The molecule has 2 rings (SSSR count). The Bertz CT molecular complexity index is 447. The molecule has 0 atom stereocenters. The van der Waals surface area contributed by atoms with Crippen molar-refractivity contribution < 1.29 is 13.6 Å². The van der Waals surface area contributed by atoms with Crippen LogP contribution in [0.4, 0.5) is 19.6 Å². The predicted octanol–water partition coefficient (Wildman–Crippen LogP) is 1.32. The Morgan fingerprint density at radius 1 is 1.67 bits per heavy atom. The van der Waals surface area contributed by atoms with Gasteiger partial charge in [0.05, 0.1) is 6.54 Å². The van der Waals surface area contributed by atoms with Crippen LogP contribution in [0.1, 0.15) is 23.2 Å². The summed E-state index contributed by atoms with van der Waals surface area (Å²) < 4.78 is 28.5. The van der Waals surface area contributed by atoms with Crippen molar-refractivity contribution in [1.29, 1.82) is 0 Å². The highest BCUT2D eigenvalue weighted by Gasteiger charge is 2.28. The molecule has 0 bridgehead atoms. The van der Waals surface area contributed by atoms with Crippen LogP contribution in [0.5, 0.6) is 0 Å². The summed E-state index contributed by atoms with van der Waals surface area (Å²) in [6.45, 7) is -0.453. The highest BCUT2D eigenvalue weighted by atomic mass is 32.1. The molecule has 0 unspecified atom stereocenters. The number of hydrogen-bond donors (Lipinski definition) is 2. The van der Waals surface area contributed by atoms with Crippen molar-refractivity contribution in [1.82, 2.24) is 9.69 Å². The highest BCUT2D eigenvalue weighted by molar-refractivity contribution is 7.11. The summed E-state index contributed by atoms with van der Waals surface area (Å²) >= 11 is 0.959. The lowest BCUT2D eigenvalue weighted by Crippen LogP contribution is -2.29. The van der Waals surface area contributed by atoms with E-state index in [-0.39, 0.29) is 23.3 Å². The van der Waals surface area contributed by atoms with Crippen LogP contribution in [-0.2, 0) is 0 Å². The van der Waals surface area contributed by atoms with Gasteiger partial charge in [-0.1, -0.05) is 0 Å². The fourth-order valence-electron chi connectivity index (χ4n) is 1.54. The third-order valence-corrected chi connectivity index (χ3v) is 3.58. The van der Waals surface area contributed by atoms with E-state index in [9.17, 15) is 13.6 Å². The van der Waals surface area contributed by atoms with Crippen molar-refractivity contribution in [2.75, 3.05) is 24.2 Å². The number of rotatable bonds is 5. The maximum absolute atomic E-state index is 12.3. The molecule has 0 aliphatic heterocycles. The van der Waals surface area contributed by atoms with Crippen molar-refractivity contribution >= 4 is 28.3 Å². The standard InChI is InChI=1S/C10H14F2N4OS/c1-16(4-6(11)12)10-7(8(13)15-18-10)9(17)14-5-2-3-5/h5-6H,2-4H2,1H3,(H2,13,15)(H,14,17). The van der Waals surface area contributed by atoms with Gasteiger partial charge in [-0.25, -0.2) is 8.78 Å². The Hall–Kier alpha value is -1.44. The minimum absolute atomic E-state index is 0.0919. The Labute approximate surface area is 107 Å². The number of hydrogen-bond acceptors (Lipinski definition) is 5. The van der Waals surface area contributed by atoms with Crippen LogP contribution in [-0.4, -0.2) is 36.3 Å². The van der Waals surface area contributed by atoms with Crippen LogP contribution in [0.25, 0.3) is 0 Å². The molecular formula is C10H14F2N4OS. The average molecular weight is 276 g/mol. The Balaban J connectivity index is 2.17. The number of nitrogens with two attached hydrogens (primary N) is 1. The zero-order valence-corrected chi connectivity index (χ0v) is 10.6. The zero-order valence-electron chi connectivity index (χ0n) is 9.82. The van der Waals surface area contributed by atoms with E-state index in [1.807, 2.05) is 0 Å². The number of carbonyl (C=O) groups excluding carboxylic acids is 1. The molecule has 1 fully saturated rings. The van der Waals surface area contributed by atoms with Gasteiger partial charge in [-0.2, -0.15) is 4.37 Å². The number of aromatic nitrogens is 1. The van der Waals surface area contributed by atoms with Gasteiger partial charge >= 0.3 is 0 Å². The average Bonchev–Trinajstić information content (AvgIpc) is 2.98. The largest absolute Gasteiger partial charge is 0.382 e. The van der Waals surface area contributed by atoms with Gasteiger partial charge in [-0.3, -0.25) is 4.79 Å². The monoisotopic (exact) mass is 276 g/mol. The predicted molar refractivity (Wildman–Crippen MR) is 66.3 cm³/mol. The Morgan fingerprint density at radius 3 is 2.89 bits per heavy atom. The number of alkyl halides is 2. The molecule has 18 heavy (non-hydrogen) atoms. The number of nitrogen functional groups attached to an aromatic ring is 1. The molecule has 1 aliphatic carbocycles. The van der Waals surface area contributed by atoms with Crippen molar-refractivity contribution in [3.63, 3.8) is 0 Å². The zero-order chi connectivity index (χ0) is 13.3. The van der Waals surface area contributed by atoms with E-state index in [1.165, 1.54) is 11.9 Å². The van der Waals surface area contributed by atoms with Gasteiger partial charge < -0.3 is 16.0 Å². The van der Waals surface area contributed by atoms with E-state index < -0.39 is 13.0 Å². The van der Waals surface area contributed by atoms with Crippen LogP contribution in [0.3, 0.4) is 0 Å². The number of anilines is 2. The SMILES string of the molecule is CN(CC(F)F)c1snc(N)c1C(=O)NC1CC1. The topological polar surface area (TPSA) is 71.2 Å². The van der Waals surface area contributed by atoms with Crippen molar-refractivity contribution in [3.05, 3.63) is 5.56 Å². The molecule has 3 N–H and O–H groups in total. The van der Waals surface area contributed by atoms with Crippen LogP contribution < -0.4 is 16.0 Å². The second-order valence-electron chi connectivity index (χ2n) is 4.27. The summed E-state index contributed by atoms with van der Waals surface area (Å²) in [6, 6.07) is 0.185. The van der Waals surface area contributed by atoms with Crippen molar-refractivity contribution in [2.24, 2.45) is 0 Å². The van der Waals surface area contributed by atoms with E-state index in [1.54, 1.807) is 0 Å². The molecule has 1 aliphatic rings. The molecule has 0 spiro atoms. The highest BCUT2D eigenvalue weighted by Crippen LogP contribution is 2.31. The molecule has 1 heterocycles. The second kappa shape index (κ2) is 5.05. The molecule has 1 aromatic rings. The van der Waals surface area contributed by atoms with Crippen LogP contribution in [0.2, 0.25) is 0 Å². The van der Waals surface area contributed by atoms with Crippen LogP contribution >= 0.6 is 11.5 Å². The molecule has 8 heteroatoms. The van der Waals surface area contributed by atoms with E-state index >= 15 is 0 Å². The first kappa shape index (κ1) is 13.0. The molecule has 1 amide bonds. The normalized spacial score (nSPS) is 14.9. The summed E-state index contributed by atoms with van der Waals surface area (Å²) in [4.78, 5) is 13.3. The van der Waals surface area contributed by atoms with E-state index in [4.69, 9.17) is 5.73 Å². The number of halogens is 2. The van der Waals surface area contributed by atoms with E-state index in [0.717, 1.165) is 24.4 Å². The van der Waals surface area contributed by atoms with Gasteiger partial charge in [0, 0.05) is 13.1 Å². The Morgan fingerprint density at radius 2 is 2.33 bits per heavy atom. The van der Waals surface area contributed by atoms with Gasteiger partial charge in [0.2, 0.25) is 0 Å². The number of nitrogens with one attached hydrogen (secondary N) is 1. The number of carbonyl (C=O) groups is 1. The lowest BCUT2D eigenvalue weighted by molar-refractivity contribution is 0.0952. The minimum Gasteiger partial charge on any atom is -0.382 e. The summed E-state index contributed by atoms with van der Waals surface area (Å²) in [5, 5.41) is 3.16. The van der Waals surface area contributed by atoms with Gasteiger partial charge in [0.1, 0.15) is 10.6 Å². The van der Waals surface area contributed by atoms with Crippen LogP contribution in [0.15, 0.2) is 0 Å². The fraction of sp³-hybridized carbons (Fsp3) is 0.600. The molecule has 1 aromatic heterocycles. The molecule has 5 nitrogen and oxygen atoms in total. The molecule has 0 radical (unpaired) electrons. The molecule has 0 aromatic carbocycles. The van der Waals surface area contributed by atoms with E-state index in [0.29, 0.717) is 5.00 Å². The number of nitrogens with zero attached hydrogens (tertiary/aromatic N) is 2. The summed E-state index contributed by atoms with van der Waals surface area (Å²) in [5.74, 6) is -0.242. The molecule has 1 saturated carbocycles. The van der Waals surface area contributed by atoms with E-state index in [2.05, 4.69) is 9.69 Å². The maximum atomic E-state index is 12.3. The number of amides is 1. The van der Waals surface area contributed by atoms with Gasteiger partial charge in [0.25, 0.3) is 12.3 Å². The lowest BCUT2D eigenvalue weighted by atomic mass is 10.2. The maximum Gasteiger partial charge on any atom is 0.258 e.